The molecule has 2 aromatic carbocycles. The summed E-state index contributed by atoms with van der Waals surface area (Å²) in [6, 6.07) is 16.4. The number of hydrogen-bond donors (Lipinski definition) is 1. The van der Waals surface area contributed by atoms with Crippen molar-refractivity contribution in [3.63, 3.8) is 0 Å². The van der Waals surface area contributed by atoms with Gasteiger partial charge in [-0.2, -0.15) is 0 Å². The van der Waals surface area contributed by atoms with E-state index in [1.807, 2.05) is 30.3 Å². The topological polar surface area (TPSA) is 51.2 Å². The van der Waals surface area contributed by atoms with E-state index < -0.39 is 0 Å². The van der Waals surface area contributed by atoms with Crippen molar-refractivity contribution in [2.24, 2.45) is 0 Å². The van der Waals surface area contributed by atoms with Crippen LogP contribution in [0.5, 0.6) is 5.75 Å². The van der Waals surface area contributed by atoms with Crippen molar-refractivity contribution in [1.29, 1.82) is 0 Å². The summed E-state index contributed by atoms with van der Waals surface area (Å²) in [6.45, 7) is -0.0611. The van der Waals surface area contributed by atoms with Crippen molar-refractivity contribution in [1.82, 2.24) is 4.98 Å². The second-order valence-corrected chi connectivity index (χ2v) is 5.05. The van der Waals surface area contributed by atoms with Gasteiger partial charge in [-0.1, -0.05) is 41.9 Å². The molecule has 0 spiro atoms. The molecule has 22 heavy (non-hydrogen) atoms. The molecule has 1 heterocycles. The zero-order valence-electron chi connectivity index (χ0n) is 11.6. The first-order chi connectivity index (χ1) is 10.7. The molecule has 0 aliphatic carbocycles. The summed E-state index contributed by atoms with van der Waals surface area (Å²) >= 11 is 6.11. The highest BCUT2D eigenvalue weighted by Crippen LogP contribution is 2.26. The fraction of sp³-hybridized carbons (Fsp3) is 0.0588. The first-order valence-corrected chi connectivity index (χ1v) is 7.13. The van der Waals surface area contributed by atoms with Crippen LogP contribution in [0.15, 0.2) is 60.8 Å². The Labute approximate surface area is 132 Å². The average molecular weight is 313 g/mol. The number of nitrogens with one attached hydrogen (secondary N) is 1. The number of fused-ring (bicyclic) bond motifs is 1. The first-order valence-electron chi connectivity index (χ1n) is 6.75. The number of anilines is 1. The fourth-order valence-electron chi connectivity index (χ4n) is 2.10. The number of pyridine rings is 1. The van der Waals surface area contributed by atoms with Crippen LogP contribution >= 0.6 is 11.6 Å². The summed E-state index contributed by atoms with van der Waals surface area (Å²) < 4.78 is 5.42. The van der Waals surface area contributed by atoms with Gasteiger partial charge in [0, 0.05) is 11.6 Å². The minimum atomic E-state index is -0.240. The van der Waals surface area contributed by atoms with Crippen molar-refractivity contribution in [3.05, 3.63) is 65.8 Å². The third-order valence-corrected chi connectivity index (χ3v) is 3.41. The summed E-state index contributed by atoms with van der Waals surface area (Å²) in [5.41, 5.74) is 1.32. The van der Waals surface area contributed by atoms with E-state index in [-0.39, 0.29) is 12.5 Å². The number of rotatable bonds is 4. The van der Waals surface area contributed by atoms with Gasteiger partial charge in [0.1, 0.15) is 5.75 Å². The summed E-state index contributed by atoms with van der Waals surface area (Å²) in [6.07, 6.45) is 1.61. The molecule has 0 atom stereocenters. The molecule has 1 aromatic heterocycles. The molecule has 4 nitrogen and oxygen atoms in total. The van der Waals surface area contributed by atoms with E-state index in [9.17, 15) is 4.79 Å². The van der Waals surface area contributed by atoms with Crippen LogP contribution in [0.25, 0.3) is 10.9 Å². The van der Waals surface area contributed by atoms with Gasteiger partial charge in [-0.3, -0.25) is 9.78 Å². The predicted octanol–water partition coefficient (Wildman–Crippen LogP) is 3.91. The Kier molecular flexibility index (Phi) is 4.21. The number of amides is 1. The molecule has 110 valence electrons. The summed E-state index contributed by atoms with van der Waals surface area (Å²) in [4.78, 5) is 16.3. The standard InChI is InChI=1S/C17H13ClN2O2/c18-14-8-4-7-13-15(9-10-19-17(13)14)20-16(21)11-22-12-5-2-1-3-6-12/h1-10H,11H2,(H,19,20,21). The third-order valence-electron chi connectivity index (χ3n) is 3.11. The lowest BCUT2D eigenvalue weighted by atomic mass is 10.2. The number of benzene rings is 2. The van der Waals surface area contributed by atoms with Gasteiger partial charge in [-0.15, -0.1) is 0 Å². The van der Waals surface area contributed by atoms with Crippen LogP contribution in [0.1, 0.15) is 0 Å². The molecule has 3 aromatic rings. The lowest BCUT2D eigenvalue weighted by molar-refractivity contribution is -0.118. The summed E-state index contributed by atoms with van der Waals surface area (Å²) in [7, 11) is 0. The number of hydrogen-bond acceptors (Lipinski definition) is 3. The maximum atomic E-state index is 12.0. The monoisotopic (exact) mass is 312 g/mol. The van der Waals surface area contributed by atoms with Crippen molar-refractivity contribution < 1.29 is 9.53 Å². The molecule has 0 bridgehead atoms. The maximum Gasteiger partial charge on any atom is 0.262 e. The Morgan fingerprint density at radius 2 is 1.91 bits per heavy atom. The predicted molar refractivity (Wildman–Crippen MR) is 87.3 cm³/mol. The molecule has 0 radical (unpaired) electrons. The lowest BCUT2D eigenvalue weighted by Gasteiger charge is -2.10. The second-order valence-electron chi connectivity index (χ2n) is 4.64. The molecular weight excluding hydrogens is 300 g/mol. The van der Waals surface area contributed by atoms with E-state index in [4.69, 9.17) is 16.3 Å². The van der Waals surface area contributed by atoms with Crippen LogP contribution in [-0.4, -0.2) is 17.5 Å². The SMILES string of the molecule is O=C(COc1ccccc1)Nc1ccnc2c(Cl)cccc12. The maximum absolute atomic E-state index is 12.0. The normalized spacial score (nSPS) is 10.4. The molecule has 0 saturated carbocycles. The molecule has 0 unspecified atom stereocenters. The Morgan fingerprint density at radius 1 is 1.09 bits per heavy atom. The van der Waals surface area contributed by atoms with Crippen LogP contribution in [0.4, 0.5) is 5.69 Å². The number of carbonyl (C=O) groups excluding carboxylic acids is 1. The number of nitrogens with zero attached hydrogens (tertiary/aromatic N) is 1. The van der Waals surface area contributed by atoms with Crippen LogP contribution in [0.3, 0.4) is 0 Å². The van der Waals surface area contributed by atoms with Gasteiger partial charge < -0.3 is 10.1 Å². The molecule has 0 saturated heterocycles. The van der Waals surface area contributed by atoms with Gasteiger partial charge >= 0.3 is 0 Å². The van der Waals surface area contributed by atoms with Crippen molar-refractivity contribution >= 4 is 34.1 Å². The van der Waals surface area contributed by atoms with Gasteiger partial charge in [-0.25, -0.2) is 0 Å². The largest absolute Gasteiger partial charge is 0.484 e. The second kappa shape index (κ2) is 6.45. The summed E-state index contributed by atoms with van der Waals surface area (Å²) in [5.74, 6) is 0.414. The third kappa shape index (κ3) is 3.18. The van der Waals surface area contributed by atoms with Crippen LogP contribution in [0, 0.1) is 0 Å². The number of carbonyl (C=O) groups is 1. The Bertz CT molecular complexity index is 806. The number of halogens is 1. The van der Waals surface area contributed by atoms with Gasteiger partial charge in [-0.05, 0) is 24.3 Å². The molecule has 0 aliphatic rings. The zero-order valence-corrected chi connectivity index (χ0v) is 12.4. The molecule has 1 amide bonds. The summed E-state index contributed by atoms with van der Waals surface area (Å²) in [5, 5.41) is 4.16. The van der Waals surface area contributed by atoms with E-state index in [0.29, 0.717) is 22.0 Å². The number of para-hydroxylation sites is 2. The minimum Gasteiger partial charge on any atom is -0.484 e. The Balaban J connectivity index is 1.73. The Morgan fingerprint density at radius 3 is 2.73 bits per heavy atom. The highest BCUT2D eigenvalue weighted by atomic mass is 35.5. The highest BCUT2D eigenvalue weighted by Gasteiger charge is 2.08. The minimum absolute atomic E-state index is 0.0611. The average Bonchev–Trinajstić information content (AvgIpc) is 2.55. The van der Waals surface area contributed by atoms with E-state index in [2.05, 4.69) is 10.3 Å². The van der Waals surface area contributed by atoms with Crippen molar-refractivity contribution in [3.8, 4) is 5.75 Å². The molecular formula is C17H13ClN2O2. The molecule has 5 heteroatoms. The number of ether oxygens (including phenoxy) is 1. The van der Waals surface area contributed by atoms with Gasteiger partial charge in [0.05, 0.1) is 16.2 Å². The van der Waals surface area contributed by atoms with E-state index >= 15 is 0 Å². The van der Waals surface area contributed by atoms with E-state index in [0.717, 1.165) is 5.39 Å². The van der Waals surface area contributed by atoms with Crippen LogP contribution < -0.4 is 10.1 Å². The first kappa shape index (κ1) is 14.4. The quantitative estimate of drug-likeness (QED) is 0.794. The molecule has 1 N–H and O–H groups in total. The van der Waals surface area contributed by atoms with Gasteiger partial charge in [0.2, 0.25) is 0 Å². The van der Waals surface area contributed by atoms with Crippen LogP contribution in [-0.2, 0) is 4.79 Å². The van der Waals surface area contributed by atoms with E-state index in [1.165, 1.54) is 0 Å². The number of aromatic nitrogens is 1. The lowest BCUT2D eigenvalue weighted by Crippen LogP contribution is -2.20. The highest BCUT2D eigenvalue weighted by molar-refractivity contribution is 6.35. The van der Waals surface area contributed by atoms with Crippen LogP contribution in [0.2, 0.25) is 5.02 Å². The van der Waals surface area contributed by atoms with Gasteiger partial charge in [0.25, 0.3) is 5.91 Å². The Hall–Kier alpha value is -2.59. The van der Waals surface area contributed by atoms with E-state index in [1.54, 1.807) is 30.5 Å². The fourth-order valence-corrected chi connectivity index (χ4v) is 2.32. The molecule has 0 fully saturated rings. The molecule has 3 rings (SSSR count). The van der Waals surface area contributed by atoms with Crippen molar-refractivity contribution in [2.45, 2.75) is 0 Å². The smallest absolute Gasteiger partial charge is 0.262 e. The van der Waals surface area contributed by atoms with Crippen molar-refractivity contribution in [2.75, 3.05) is 11.9 Å². The zero-order chi connectivity index (χ0) is 15.4. The van der Waals surface area contributed by atoms with Gasteiger partial charge in [0.15, 0.2) is 6.61 Å². The molecule has 0 aliphatic heterocycles.